The fourth-order valence-corrected chi connectivity index (χ4v) is 2.67. The molecule has 0 radical (unpaired) electrons. The zero-order valence-corrected chi connectivity index (χ0v) is 13.6. The summed E-state index contributed by atoms with van der Waals surface area (Å²) in [6.45, 7) is 9.38. The number of hydrogen-bond acceptors (Lipinski definition) is 3. The van der Waals surface area contributed by atoms with Crippen molar-refractivity contribution in [3.63, 3.8) is 0 Å². The minimum absolute atomic E-state index is 0.0759. The highest BCUT2D eigenvalue weighted by Crippen LogP contribution is 2.41. The second-order valence-electron chi connectivity index (χ2n) is 7.10. The topological polar surface area (TPSA) is 46.6 Å². The minimum Gasteiger partial charge on any atom is -0.460 e. The lowest BCUT2D eigenvalue weighted by molar-refractivity contribution is -0.153. The molecule has 0 fully saturated rings. The highest BCUT2D eigenvalue weighted by Gasteiger charge is 2.42. The van der Waals surface area contributed by atoms with E-state index in [9.17, 15) is 9.59 Å². The van der Waals surface area contributed by atoms with Gasteiger partial charge < -0.3 is 9.64 Å². The van der Waals surface area contributed by atoms with Gasteiger partial charge in [-0.3, -0.25) is 9.59 Å². The zero-order valence-electron chi connectivity index (χ0n) is 13.6. The molecule has 1 aromatic carbocycles. The molecule has 1 aliphatic heterocycles. The zero-order chi connectivity index (χ0) is 16.0. The van der Waals surface area contributed by atoms with E-state index in [4.69, 9.17) is 4.74 Å². The van der Waals surface area contributed by atoms with Crippen LogP contribution in [0.1, 0.15) is 45.7 Å². The number of anilines is 1. The Balaban J connectivity index is 2.25. The van der Waals surface area contributed by atoms with E-state index in [1.165, 1.54) is 0 Å². The number of hydrogen-bond donors (Lipinski definition) is 0. The quantitative estimate of drug-likeness (QED) is 0.787. The Morgan fingerprint density at radius 2 is 1.90 bits per heavy atom. The predicted molar refractivity (Wildman–Crippen MR) is 82.4 cm³/mol. The molecule has 4 heteroatoms. The lowest BCUT2D eigenvalue weighted by atomic mass is 9.85. The largest absolute Gasteiger partial charge is 0.460 e. The van der Waals surface area contributed by atoms with Crippen LogP contribution in [-0.2, 0) is 26.2 Å². The normalized spacial score (nSPS) is 16.9. The number of carbonyl (C=O) groups excluding carboxylic acids is 2. The Bertz CT molecular complexity index is 597. The van der Waals surface area contributed by atoms with Gasteiger partial charge in [0.2, 0.25) is 5.91 Å². The molecule has 0 saturated carbocycles. The van der Waals surface area contributed by atoms with E-state index in [-0.39, 0.29) is 18.3 Å². The number of amides is 1. The minimum atomic E-state index is -0.548. The monoisotopic (exact) mass is 289 g/mol. The van der Waals surface area contributed by atoms with Gasteiger partial charge in [0.05, 0.1) is 11.8 Å². The molecular weight excluding hydrogens is 266 g/mol. The smallest absolute Gasteiger partial charge is 0.310 e. The molecular formula is C17H23NO3. The summed E-state index contributed by atoms with van der Waals surface area (Å²) in [5.74, 6) is -0.176. The third kappa shape index (κ3) is 2.94. The van der Waals surface area contributed by atoms with E-state index in [2.05, 4.69) is 0 Å². The number of benzene rings is 1. The van der Waals surface area contributed by atoms with Crippen molar-refractivity contribution in [3.05, 3.63) is 29.3 Å². The van der Waals surface area contributed by atoms with Gasteiger partial charge in [-0.15, -0.1) is 0 Å². The standard InChI is InChI=1S/C17H23NO3/c1-16(2,3)21-14(19)10-11-7-8-13-12(9-11)17(4,5)15(20)18(13)6/h7-9H,10H2,1-6H3. The van der Waals surface area contributed by atoms with Crippen LogP contribution in [-0.4, -0.2) is 24.5 Å². The first-order valence-corrected chi connectivity index (χ1v) is 7.16. The van der Waals surface area contributed by atoms with E-state index in [1.54, 1.807) is 11.9 Å². The molecule has 1 aliphatic rings. The summed E-state index contributed by atoms with van der Waals surface area (Å²) in [6.07, 6.45) is 0.221. The molecule has 0 saturated heterocycles. The lowest BCUT2D eigenvalue weighted by Gasteiger charge is -2.20. The molecule has 0 atom stereocenters. The van der Waals surface area contributed by atoms with Crippen LogP contribution in [0.25, 0.3) is 0 Å². The summed E-state index contributed by atoms with van der Waals surface area (Å²) in [5, 5.41) is 0. The maximum Gasteiger partial charge on any atom is 0.310 e. The Kier molecular flexibility index (Phi) is 3.60. The van der Waals surface area contributed by atoms with Crippen molar-refractivity contribution in [2.75, 3.05) is 11.9 Å². The van der Waals surface area contributed by atoms with Gasteiger partial charge in [0, 0.05) is 12.7 Å². The first-order valence-electron chi connectivity index (χ1n) is 7.16. The van der Waals surface area contributed by atoms with E-state index in [0.29, 0.717) is 0 Å². The van der Waals surface area contributed by atoms with Crippen LogP contribution < -0.4 is 4.90 Å². The first-order chi connectivity index (χ1) is 9.52. The molecule has 0 spiro atoms. The highest BCUT2D eigenvalue weighted by atomic mass is 16.6. The molecule has 4 nitrogen and oxygen atoms in total. The first kappa shape index (κ1) is 15.5. The van der Waals surface area contributed by atoms with Crippen LogP contribution >= 0.6 is 0 Å². The number of likely N-dealkylation sites (N-methyl/N-ethyl adjacent to an activating group) is 1. The van der Waals surface area contributed by atoms with Gasteiger partial charge in [0.25, 0.3) is 0 Å². The molecule has 1 amide bonds. The summed E-state index contributed by atoms with van der Waals surface area (Å²) in [6, 6.07) is 5.73. The van der Waals surface area contributed by atoms with Gasteiger partial charge in [-0.1, -0.05) is 12.1 Å². The van der Waals surface area contributed by atoms with Crippen LogP contribution in [0.4, 0.5) is 5.69 Å². The fourth-order valence-electron chi connectivity index (χ4n) is 2.67. The number of esters is 1. The molecule has 2 rings (SSSR count). The summed E-state index contributed by atoms with van der Waals surface area (Å²) >= 11 is 0. The number of fused-ring (bicyclic) bond motifs is 1. The van der Waals surface area contributed by atoms with Crippen molar-refractivity contribution in [2.45, 2.75) is 52.1 Å². The molecule has 0 N–H and O–H groups in total. The molecule has 1 aromatic rings. The van der Waals surface area contributed by atoms with Crippen LogP contribution in [0.3, 0.4) is 0 Å². The van der Waals surface area contributed by atoms with Crippen molar-refractivity contribution >= 4 is 17.6 Å². The summed E-state index contributed by atoms with van der Waals surface area (Å²) < 4.78 is 5.34. The Labute approximate surface area is 126 Å². The molecule has 0 unspecified atom stereocenters. The Hall–Kier alpha value is -1.84. The lowest BCUT2D eigenvalue weighted by Crippen LogP contribution is -2.33. The maximum absolute atomic E-state index is 12.2. The number of nitrogens with zero attached hydrogens (tertiary/aromatic N) is 1. The number of ether oxygens (including phenoxy) is 1. The van der Waals surface area contributed by atoms with Crippen molar-refractivity contribution in [1.82, 2.24) is 0 Å². The van der Waals surface area contributed by atoms with E-state index in [1.807, 2.05) is 52.8 Å². The second kappa shape index (κ2) is 4.86. The van der Waals surface area contributed by atoms with Crippen LogP contribution in [0.2, 0.25) is 0 Å². The van der Waals surface area contributed by atoms with Crippen molar-refractivity contribution in [1.29, 1.82) is 0 Å². The Morgan fingerprint density at radius 1 is 1.29 bits per heavy atom. The van der Waals surface area contributed by atoms with E-state index < -0.39 is 11.0 Å². The SMILES string of the molecule is CN1C(=O)C(C)(C)c2cc(CC(=O)OC(C)(C)C)ccc21. The maximum atomic E-state index is 12.2. The molecule has 0 aliphatic carbocycles. The molecule has 1 heterocycles. The predicted octanol–water partition coefficient (Wildman–Crippen LogP) is 2.82. The van der Waals surface area contributed by atoms with Crippen LogP contribution in [0.5, 0.6) is 0 Å². The van der Waals surface area contributed by atoms with E-state index >= 15 is 0 Å². The average molecular weight is 289 g/mol. The average Bonchev–Trinajstić information content (AvgIpc) is 2.49. The van der Waals surface area contributed by atoms with Gasteiger partial charge in [-0.2, -0.15) is 0 Å². The van der Waals surface area contributed by atoms with E-state index in [0.717, 1.165) is 16.8 Å². The van der Waals surface area contributed by atoms with Gasteiger partial charge >= 0.3 is 5.97 Å². The third-order valence-electron chi connectivity index (χ3n) is 3.70. The number of rotatable bonds is 2. The fraction of sp³-hybridized carbons (Fsp3) is 0.529. The van der Waals surface area contributed by atoms with Crippen molar-refractivity contribution in [2.24, 2.45) is 0 Å². The summed E-state index contributed by atoms with van der Waals surface area (Å²) in [5.41, 5.74) is 1.73. The van der Waals surface area contributed by atoms with Gasteiger partial charge in [-0.25, -0.2) is 0 Å². The van der Waals surface area contributed by atoms with Crippen molar-refractivity contribution in [3.8, 4) is 0 Å². The Morgan fingerprint density at radius 3 is 2.48 bits per heavy atom. The van der Waals surface area contributed by atoms with Crippen LogP contribution in [0, 0.1) is 0 Å². The molecule has 0 aromatic heterocycles. The molecule has 114 valence electrons. The second-order valence-corrected chi connectivity index (χ2v) is 7.10. The summed E-state index contributed by atoms with van der Waals surface area (Å²) in [4.78, 5) is 25.8. The van der Waals surface area contributed by atoms with Gasteiger partial charge in [0.15, 0.2) is 0 Å². The molecule has 21 heavy (non-hydrogen) atoms. The van der Waals surface area contributed by atoms with Gasteiger partial charge in [0.1, 0.15) is 5.60 Å². The number of carbonyl (C=O) groups is 2. The van der Waals surface area contributed by atoms with Crippen LogP contribution in [0.15, 0.2) is 18.2 Å². The van der Waals surface area contributed by atoms with Crippen molar-refractivity contribution < 1.29 is 14.3 Å². The third-order valence-corrected chi connectivity index (χ3v) is 3.70. The summed E-state index contributed by atoms with van der Waals surface area (Å²) in [7, 11) is 1.78. The highest BCUT2D eigenvalue weighted by molar-refractivity contribution is 6.07. The molecule has 0 bridgehead atoms. The van der Waals surface area contributed by atoms with Gasteiger partial charge in [-0.05, 0) is 51.8 Å².